The predicted molar refractivity (Wildman–Crippen MR) is 108 cm³/mol. The number of ketones is 1. The predicted octanol–water partition coefficient (Wildman–Crippen LogP) is 5.27. The molecule has 0 radical (unpaired) electrons. The lowest BCUT2D eigenvalue weighted by Crippen LogP contribution is -2.45. The zero-order chi connectivity index (χ0) is 18.1. The van der Waals surface area contributed by atoms with Gasteiger partial charge in [0.15, 0.2) is 0 Å². The highest BCUT2D eigenvalue weighted by molar-refractivity contribution is 6.11. The second kappa shape index (κ2) is 6.56. The monoisotopic (exact) mass is 344 g/mol. The lowest BCUT2D eigenvalue weighted by atomic mass is 9.69. The minimum absolute atomic E-state index is 0.0284. The van der Waals surface area contributed by atoms with Crippen LogP contribution in [0.2, 0.25) is 0 Å². The second-order valence-corrected chi connectivity index (χ2v) is 8.02. The summed E-state index contributed by atoms with van der Waals surface area (Å²) in [4.78, 5) is 17.9. The quantitative estimate of drug-likeness (QED) is 0.806. The van der Waals surface area contributed by atoms with Gasteiger partial charge in [-0.05, 0) is 29.5 Å². The summed E-state index contributed by atoms with van der Waals surface area (Å²) >= 11 is 0. The summed E-state index contributed by atoms with van der Waals surface area (Å²) in [7, 11) is 0. The van der Waals surface area contributed by atoms with Gasteiger partial charge in [-0.25, -0.2) is 0 Å². The Balaban J connectivity index is 1.75. The Kier molecular flexibility index (Phi) is 4.23. The molecule has 0 amide bonds. The highest BCUT2D eigenvalue weighted by Crippen LogP contribution is 2.41. The fraction of sp³-hybridized carbons (Fsp3) is 0.304. The molecule has 2 aromatic carbocycles. The molecular weight excluding hydrogens is 320 g/mol. The average molecular weight is 344 g/mol. The first-order chi connectivity index (χ1) is 12.5. The fourth-order valence-electron chi connectivity index (χ4n) is 4.00. The molecule has 1 aliphatic carbocycles. The van der Waals surface area contributed by atoms with E-state index >= 15 is 0 Å². The Bertz CT molecular complexity index is 880. The normalized spacial score (nSPS) is 24.2. The van der Waals surface area contributed by atoms with E-state index in [9.17, 15) is 4.79 Å². The number of fused-ring (bicyclic) bond motifs is 2. The van der Waals surface area contributed by atoms with Gasteiger partial charge in [-0.1, -0.05) is 68.5 Å². The van der Waals surface area contributed by atoms with Crippen LogP contribution in [0, 0.1) is 11.3 Å². The summed E-state index contributed by atoms with van der Waals surface area (Å²) in [6.07, 6.45) is 5.67. The van der Waals surface area contributed by atoms with Crippen molar-refractivity contribution in [2.45, 2.75) is 32.7 Å². The minimum atomic E-state index is -0.199. The van der Waals surface area contributed by atoms with Crippen molar-refractivity contribution in [1.82, 2.24) is 0 Å². The molecule has 1 N–H and O–H groups in total. The third-order valence-electron chi connectivity index (χ3n) is 5.16. The Morgan fingerprint density at radius 3 is 2.58 bits per heavy atom. The smallest absolute Gasteiger partial charge is 0.144 e. The van der Waals surface area contributed by atoms with Crippen LogP contribution in [-0.4, -0.2) is 17.5 Å². The zero-order valence-electron chi connectivity index (χ0n) is 15.3. The van der Waals surface area contributed by atoms with Gasteiger partial charge in [-0.3, -0.25) is 9.79 Å². The van der Waals surface area contributed by atoms with Crippen LogP contribution in [0.5, 0.6) is 0 Å². The number of hydrogen-bond acceptors (Lipinski definition) is 3. The van der Waals surface area contributed by atoms with Crippen molar-refractivity contribution < 1.29 is 4.79 Å². The number of carbonyl (C=O) groups is 1. The molecule has 1 fully saturated rings. The van der Waals surface area contributed by atoms with Gasteiger partial charge < -0.3 is 5.32 Å². The van der Waals surface area contributed by atoms with E-state index in [2.05, 4.69) is 43.4 Å². The number of anilines is 1. The van der Waals surface area contributed by atoms with E-state index in [-0.39, 0.29) is 23.2 Å². The number of nitrogens with one attached hydrogen (secondary N) is 1. The third-order valence-corrected chi connectivity index (χ3v) is 5.16. The second-order valence-electron chi connectivity index (χ2n) is 8.02. The lowest BCUT2D eigenvalue weighted by Gasteiger charge is -2.36. The van der Waals surface area contributed by atoms with E-state index in [1.807, 2.05) is 42.5 Å². The van der Waals surface area contributed by atoms with Crippen LogP contribution in [0.4, 0.5) is 11.4 Å². The van der Waals surface area contributed by atoms with Gasteiger partial charge in [0, 0.05) is 12.1 Å². The summed E-state index contributed by atoms with van der Waals surface area (Å²) < 4.78 is 0. The topological polar surface area (TPSA) is 41.5 Å². The van der Waals surface area contributed by atoms with Crippen LogP contribution in [0.1, 0.15) is 32.3 Å². The molecule has 3 nitrogen and oxygen atoms in total. The molecule has 132 valence electrons. The van der Waals surface area contributed by atoms with Gasteiger partial charge >= 0.3 is 0 Å². The summed E-state index contributed by atoms with van der Waals surface area (Å²) in [6.45, 7) is 4.31. The van der Waals surface area contributed by atoms with Crippen LogP contribution in [0.3, 0.4) is 0 Å². The molecule has 0 bridgehead atoms. The van der Waals surface area contributed by atoms with Gasteiger partial charge in [0.2, 0.25) is 0 Å². The van der Waals surface area contributed by atoms with Crippen LogP contribution < -0.4 is 5.32 Å². The molecule has 0 aromatic heterocycles. The summed E-state index contributed by atoms with van der Waals surface area (Å²) in [6, 6.07) is 18.2. The summed E-state index contributed by atoms with van der Waals surface area (Å²) in [5.74, 6) is 0.0819. The molecule has 1 aliphatic heterocycles. The molecule has 4 rings (SSSR count). The van der Waals surface area contributed by atoms with E-state index in [0.29, 0.717) is 6.42 Å². The Labute approximate surface area is 154 Å². The molecule has 3 heteroatoms. The maximum absolute atomic E-state index is 13.0. The summed E-state index contributed by atoms with van der Waals surface area (Å²) in [5.41, 5.74) is 4.02. The van der Waals surface area contributed by atoms with E-state index < -0.39 is 0 Å². The molecule has 2 aliphatic rings. The third kappa shape index (κ3) is 3.34. The van der Waals surface area contributed by atoms with E-state index in [0.717, 1.165) is 29.1 Å². The van der Waals surface area contributed by atoms with Crippen LogP contribution in [0.25, 0.3) is 6.08 Å². The Morgan fingerprint density at radius 2 is 1.77 bits per heavy atom. The summed E-state index contributed by atoms with van der Waals surface area (Å²) in [5, 5.41) is 3.56. The van der Waals surface area contributed by atoms with E-state index in [4.69, 9.17) is 4.99 Å². The fourth-order valence-corrected chi connectivity index (χ4v) is 4.00. The molecule has 2 unspecified atom stereocenters. The average Bonchev–Trinajstić information content (AvgIpc) is 2.75. The maximum atomic E-state index is 13.0. The van der Waals surface area contributed by atoms with Gasteiger partial charge in [0.25, 0.3) is 0 Å². The number of rotatable bonds is 2. The SMILES string of the molecule is CC1(C)CC(=O)C2C(=Nc3ccccc3NC2/C=C/c2ccccc2)C1. The van der Waals surface area contributed by atoms with Crippen molar-refractivity contribution in [2.24, 2.45) is 16.3 Å². The van der Waals surface area contributed by atoms with Crippen molar-refractivity contribution in [2.75, 3.05) is 5.32 Å². The first kappa shape index (κ1) is 16.8. The highest BCUT2D eigenvalue weighted by atomic mass is 16.1. The van der Waals surface area contributed by atoms with Crippen molar-refractivity contribution in [3.8, 4) is 0 Å². The van der Waals surface area contributed by atoms with Crippen molar-refractivity contribution in [3.05, 3.63) is 66.2 Å². The number of Topliss-reactive ketones (excluding diaryl/α,β-unsaturated/α-hetero) is 1. The molecular formula is C23H24N2O. The standard InChI is InChI=1S/C23H24N2O/c1-23(2)14-20-22(21(26)15-23)19(13-12-16-8-4-3-5-9-16)24-17-10-6-7-11-18(17)25-20/h3-13,19,22,24H,14-15H2,1-2H3/b13-12+. The number of carbonyl (C=O) groups excluding carboxylic acids is 1. The molecule has 1 saturated carbocycles. The Hall–Kier alpha value is -2.68. The minimum Gasteiger partial charge on any atom is -0.376 e. The van der Waals surface area contributed by atoms with Gasteiger partial charge in [0.05, 0.1) is 23.3 Å². The van der Waals surface area contributed by atoms with Crippen LogP contribution in [0.15, 0.2) is 65.7 Å². The number of benzene rings is 2. The first-order valence-electron chi connectivity index (χ1n) is 9.21. The molecule has 1 heterocycles. The molecule has 0 saturated heterocycles. The van der Waals surface area contributed by atoms with Crippen molar-refractivity contribution in [3.63, 3.8) is 0 Å². The number of para-hydroxylation sites is 2. The zero-order valence-corrected chi connectivity index (χ0v) is 15.3. The van der Waals surface area contributed by atoms with Crippen molar-refractivity contribution in [1.29, 1.82) is 0 Å². The maximum Gasteiger partial charge on any atom is 0.144 e. The largest absolute Gasteiger partial charge is 0.376 e. The molecule has 26 heavy (non-hydrogen) atoms. The Morgan fingerprint density at radius 1 is 1.04 bits per heavy atom. The van der Waals surface area contributed by atoms with E-state index in [1.165, 1.54) is 0 Å². The van der Waals surface area contributed by atoms with Gasteiger partial charge in [0.1, 0.15) is 5.78 Å². The first-order valence-corrected chi connectivity index (χ1v) is 9.21. The van der Waals surface area contributed by atoms with Gasteiger partial charge in [-0.15, -0.1) is 0 Å². The number of nitrogens with zero attached hydrogens (tertiary/aromatic N) is 1. The number of aliphatic imine (C=N–C) groups is 1. The van der Waals surface area contributed by atoms with Gasteiger partial charge in [-0.2, -0.15) is 0 Å². The van der Waals surface area contributed by atoms with E-state index in [1.54, 1.807) is 0 Å². The number of hydrogen-bond donors (Lipinski definition) is 1. The van der Waals surface area contributed by atoms with Crippen molar-refractivity contribution >= 4 is 28.9 Å². The van der Waals surface area contributed by atoms with Crippen LogP contribution >= 0.6 is 0 Å². The molecule has 2 atom stereocenters. The highest BCUT2D eigenvalue weighted by Gasteiger charge is 2.42. The lowest BCUT2D eigenvalue weighted by molar-refractivity contribution is -0.123. The van der Waals surface area contributed by atoms with Crippen LogP contribution in [-0.2, 0) is 4.79 Å². The molecule has 2 aromatic rings. The molecule has 0 spiro atoms.